The van der Waals surface area contributed by atoms with Crippen LogP contribution in [0.4, 0.5) is 0 Å². The van der Waals surface area contributed by atoms with Crippen molar-refractivity contribution in [2.75, 3.05) is 0 Å². The number of allylic oxidation sites excluding steroid dienone is 2. The predicted octanol–water partition coefficient (Wildman–Crippen LogP) is 11.3. The van der Waals surface area contributed by atoms with Crippen LogP contribution in [0.1, 0.15) is 43.1 Å². The Morgan fingerprint density at radius 1 is 0.761 bits per heavy atom. The van der Waals surface area contributed by atoms with E-state index in [-0.39, 0.29) is 0 Å². The lowest BCUT2D eigenvalue weighted by Crippen LogP contribution is -2.01. The third-order valence-corrected chi connectivity index (χ3v) is 9.36. The summed E-state index contributed by atoms with van der Waals surface area (Å²) in [6.45, 7) is 2.23. The molecule has 0 atom stereocenters. The maximum absolute atomic E-state index is 6.54. The van der Waals surface area contributed by atoms with Gasteiger partial charge in [0.15, 0.2) is 0 Å². The van der Waals surface area contributed by atoms with Crippen LogP contribution in [-0.2, 0) is 6.42 Å². The van der Waals surface area contributed by atoms with Crippen LogP contribution in [0.25, 0.3) is 78.6 Å². The number of hydrogen-bond acceptors (Lipinski definition) is 2. The number of hydrogen-bond donors (Lipinski definition) is 0. The fourth-order valence-electron chi connectivity index (χ4n) is 7.30. The van der Waals surface area contributed by atoms with Crippen LogP contribution in [0.3, 0.4) is 0 Å². The van der Waals surface area contributed by atoms with Gasteiger partial charge in [-0.05, 0) is 84.6 Å². The average molecular weight is 596 g/mol. The van der Waals surface area contributed by atoms with Crippen LogP contribution < -0.4 is 0 Å². The van der Waals surface area contributed by atoms with Gasteiger partial charge in [0.25, 0.3) is 0 Å². The molecule has 0 bridgehead atoms. The number of aromatic nitrogens is 3. The number of para-hydroxylation sites is 2. The van der Waals surface area contributed by atoms with Crippen molar-refractivity contribution < 1.29 is 4.42 Å². The fraction of sp³-hybridized carbons (Fsp3) is 0.119. The molecule has 46 heavy (non-hydrogen) atoms. The average Bonchev–Trinajstić information content (AvgIpc) is 3.69. The van der Waals surface area contributed by atoms with Crippen molar-refractivity contribution in [3.05, 3.63) is 138 Å². The molecule has 0 aliphatic heterocycles. The molecule has 1 aliphatic rings. The number of fused-ring (bicyclic) bond motifs is 10. The number of benzene rings is 4. The largest absolute Gasteiger partial charge is 0.456 e. The summed E-state index contributed by atoms with van der Waals surface area (Å²) in [5.74, 6) is 0.892. The summed E-state index contributed by atoms with van der Waals surface area (Å²) >= 11 is 0. The van der Waals surface area contributed by atoms with E-state index in [2.05, 4.69) is 137 Å². The number of nitrogens with zero attached hydrogens (tertiary/aromatic N) is 3. The number of furan rings is 1. The molecule has 0 radical (unpaired) electrons. The second-order valence-electron chi connectivity index (χ2n) is 12.2. The number of pyridine rings is 1. The third-order valence-electron chi connectivity index (χ3n) is 9.36. The van der Waals surface area contributed by atoms with Crippen molar-refractivity contribution in [2.24, 2.45) is 0 Å². The highest BCUT2D eigenvalue weighted by molar-refractivity contribution is 6.09. The van der Waals surface area contributed by atoms with E-state index in [0.717, 1.165) is 57.9 Å². The highest BCUT2D eigenvalue weighted by atomic mass is 16.3. The predicted molar refractivity (Wildman–Crippen MR) is 192 cm³/mol. The Morgan fingerprint density at radius 2 is 1.52 bits per heavy atom. The lowest BCUT2D eigenvalue weighted by Gasteiger charge is -2.14. The van der Waals surface area contributed by atoms with E-state index in [9.17, 15) is 0 Å². The minimum atomic E-state index is 0.805. The Labute approximate surface area is 267 Å². The normalized spacial score (nSPS) is 12.9. The second kappa shape index (κ2) is 10.8. The first-order valence-electron chi connectivity index (χ1n) is 16.3. The zero-order valence-electron chi connectivity index (χ0n) is 25.8. The van der Waals surface area contributed by atoms with E-state index in [4.69, 9.17) is 9.40 Å². The third kappa shape index (κ3) is 4.10. The lowest BCUT2D eigenvalue weighted by atomic mass is 10.0. The second-order valence-corrected chi connectivity index (χ2v) is 12.2. The Morgan fingerprint density at radius 3 is 2.33 bits per heavy atom. The SMILES string of the molecule is CCCC/C=C/c1ccc2oc3c(c2c1)-c1c(c2cccnc2n1-c1cccc(-n2c4ccccc4c4ccccc42)c1)CC=C3. The fourth-order valence-corrected chi connectivity index (χ4v) is 7.30. The minimum Gasteiger partial charge on any atom is -0.456 e. The van der Waals surface area contributed by atoms with Gasteiger partial charge < -0.3 is 8.98 Å². The van der Waals surface area contributed by atoms with Crippen LogP contribution in [-0.4, -0.2) is 14.1 Å². The van der Waals surface area contributed by atoms with Gasteiger partial charge >= 0.3 is 0 Å². The topological polar surface area (TPSA) is 35.9 Å². The first kappa shape index (κ1) is 26.8. The van der Waals surface area contributed by atoms with Gasteiger partial charge in [0.1, 0.15) is 17.0 Å². The summed E-state index contributed by atoms with van der Waals surface area (Å²) in [7, 11) is 0. The van der Waals surface area contributed by atoms with Gasteiger partial charge in [-0.25, -0.2) is 4.98 Å². The van der Waals surface area contributed by atoms with Crippen molar-refractivity contribution >= 4 is 56.0 Å². The van der Waals surface area contributed by atoms with E-state index < -0.39 is 0 Å². The number of unbranched alkanes of at least 4 members (excludes halogenated alkanes) is 2. The number of rotatable bonds is 6. The molecule has 0 amide bonds. The quantitative estimate of drug-likeness (QED) is 0.179. The first-order chi connectivity index (χ1) is 22.8. The summed E-state index contributed by atoms with van der Waals surface area (Å²) in [6, 6.07) is 37.0. The first-order valence-corrected chi connectivity index (χ1v) is 16.3. The highest BCUT2D eigenvalue weighted by Crippen LogP contribution is 2.45. The maximum Gasteiger partial charge on any atom is 0.145 e. The molecular weight excluding hydrogens is 562 g/mol. The van der Waals surface area contributed by atoms with E-state index in [1.165, 1.54) is 51.2 Å². The van der Waals surface area contributed by atoms with Gasteiger partial charge in [-0.1, -0.05) is 86.5 Å². The minimum absolute atomic E-state index is 0.805. The van der Waals surface area contributed by atoms with Crippen molar-refractivity contribution in [3.8, 4) is 22.6 Å². The van der Waals surface area contributed by atoms with E-state index in [0.29, 0.717) is 0 Å². The van der Waals surface area contributed by atoms with Crippen molar-refractivity contribution in [3.63, 3.8) is 0 Å². The van der Waals surface area contributed by atoms with Crippen LogP contribution in [0, 0.1) is 0 Å². The highest BCUT2D eigenvalue weighted by Gasteiger charge is 2.27. The summed E-state index contributed by atoms with van der Waals surface area (Å²) in [6.07, 6.45) is 15.1. The molecule has 1 aliphatic carbocycles. The molecule has 4 heteroatoms. The Balaban J connectivity index is 1.30. The molecule has 4 aromatic carbocycles. The molecule has 0 N–H and O–H groups in total. The summed E-state index contributed by atoms with van der Waals surface area (Å²) in [5.41, 5.74) is 11.2. The Kier molecular flexibility index (Phi) is 6.27. The summed E-state index contributed by atoms with van der Waals surface area (Å²) in [5, 5.41) is 4.81. The lowest BCUT2D eigenvalue weighted by molar-refractivity contribution is 0.605. The molecule has 0 spiro atoms. The van der Waals surface area contributed by atoms with Gasteiger partial charge in [0.2, 0.25) is 0 Å². The standard InChI is InChI=1S/C42H33N3O/c1-2-3-4-5-13-28-23-24-38-35(26-28)40-39(46-38)22-11-18-33-34-19-12-25-43-42(34)45(41(33)40)30-15-10-14-29(27-30)44-36-20-8-6-16-31(36)32-17-7-9-21-37(32)44/h5-17,19-27H,2-4,18H2,1H3/b13-5+. The van der Waals surface area contributed by atoms with Gasteiger partial charge in [-0.3, -0.25) is 4.57 Å². The van der Waals surface area contributed by atoms with Gasteiger partial charge in [-0.2, -0.15) is 0 Å². The van der Waals surface area contributed by atoms with Gasteiger partial charge in [-0.15, -0.1) is 0 Å². The molecule has 9 rings (SSSR count). The van der Waals surface area contributed by atoms with Crippen molar-refractivity contribution in [1.29, 1.82) is 0 Å². The van der Waals surface area contributed by atoms with Crippen LogP contribution in [0.15, 0.2) is 126 Å². The Bertz CT molecular complexity index is 2450. The molecule has 0 saturated heterocycles. The van der Waals surface area contributed by atoms with Crippen LogP contribution in [0.5, 0.6) is 0 Å². The van der Waals surface area contributed by atoms with Crippen molar-refractivity contribution in [2.45, 2.75) is 32.6 Å². The molecule has 4 heterocycles. The molecule has 0 fully saturated rings. The molecule has 222 valence electrons. The summed E-state index contributed by atoms with van der Waals surface area (Å²) in [4.78, 5) is 4.99. The van der Waals surface area contributed by atoms with Crippen molar-refractivity contribution in [1.82, 2.24) is 14.1 Å². The molecule has 0 unspecified atom stereocenters. The molecule has 0 saturated carbocycles. The van der Waals surface area contributed by atoms with E-state index >= 15 is 0 Å². The molecule has 4 aromatic heterocycles. The Hall–Kier alpha value is -5.61. The van der Waals surface area contributed by atoms with Crippen LogP contribution >= 0.6 is 0 Å². The van der Waals surface area contributed by atoms with Gasteiger partial charge in [0, 0.05) is 39.1 Å². The van der Waals surface area contributed by atoms with E-state index in [1.54, 1.807) is 0 Å². The molecule has 4 nitrogen and oxygen atoms in total. The smallest absolute Gasteiger partial charge is 0.145 e. The van der Waals surface area contributed by atoms with E-state index in [1.807, 2.05) is 12.3 Å². The zero-order valence-corrected chi connectivity index (χ0v) is 25.8. The monoisotopic (exact) mass is 595 g/mol. The summed E-state index contributed by atoms with van der Waals surface area (Å²) < 4.78 is 11.3. The zero-order chi connectivity index (χ0) is 30.6. The molecule has 8 aromatic rings. The maximum atomic E-state index is 6.54. The van der Waals surface area contributed by atoms with Crippen LogP contribution in [0.2, 0.25) is 0 Å². The molecular formula is C42H33N3O. The van der Waals surface area contributed by atoms with Gasteiger partial charge in [0.05, 0.1) is 22.3 Å².